The molecule has 0 spiro atoms. The average molecular weight is 511 g/mol. The molecule has 2 aliphatic rings. The van der Waals surface area contributed by atoms with Crippen molar-refractivity contribution in [3.8, 4) is 0 Å². The molecule has 7 nitrogen and oxygen atoms in total. The van der Waals surface area contributed by atoms with Crippen LogP contribution in [0.25, 0.3) is 0 Å². The van der Waals surface area contributed by atoms with Crippen LogP contribution in [0.5, 0.6) is 0 Å². The number of aryl methyl sites for hydroxylation is 2. The van der Waals surface area contributed by atoms with Crippen molar-refractivity contribution in [3.05, 3.63) is 47.9 Å². The number of aromatic nitrogens is 2. The minimum Gasteiger partial charge on any atom is -0.379 e. The van der Waals surface area contributed by atoms with Gasteiger partial charge in [-0.2, -0.15) is 13.2 Å². The summed E-state index contributed by atoms with van der Waals surface area (Å²) in [6.07, 6.45) is 3.10. The number of primary amides is 1. The number of amides is 1. The van der Waals surface area contributed by atoms with Crippen molar-refractivity contribution >= 4 is 29.0 Å². The van der Waals surface area contributed by atoms with Crippen molar-refractivity contribution in [2.24, 2.45) is 5.73 Å². The van der Waals surface area contributed by atoms with Gasteiger partial charge in [-0.25, -0.2) is 9.97 Å². The van der Waals surface area contributed by atoms with E-state index in [-0.39, 0.29) is 17.5 Å². The summed E-state index contributed by atoms with van der Waals surface area (Å²) < 4.78 is 37.8. The number of carbonyl (C=O) groups is 1. The highest BCUT2D eigenvalue weighted by atomic mass is 35.5. The SMILES string of the molecule is NC(=O)C1(Nc2ccncn2)CC(Cl)CCC1Nc1ccc2c(c1)CCC(NCC(F)(F)F)CC2. The second-order valence-corrected chi connectivity index (χ2v) is 10.0. The van der Waals surface area contributed by atoms with Gasteiger partial charge < -0.3 is 21.7 Å². The van der Waals surface area contributed by atoms with E-state index in [9.17, 15) is 18.0 Å². The number of alkyl halides is 4. The molecule has 1 heterocycles. The predicted molar refractivity (Wildman–Crippen MR) is 129 cm³/mol. The number of halogens is 4. The molecule has 0 radical (unpaired) electrons. The molecule has 4 atom stereocenters. The smallest absolute Gasteiger partial charge is 0.379 e. The number of anilines is 2. The van der Waals surface area contributed by atoms with Crippen molar-refractivity contribution in [3.63, 3.8) is 0 Å². The van der Waals surface area contributed by atoms with Gasteiger partial charge in [0.2, 0.25) is 5.91 Å². The van der Waals surface area contributed by atoms with E-state index in [1.165, 1.54) is 6.33 Å². The lowest BCUT2D eigenvalue weighted by Crippen LogP contribution is -2.64. The first kappa shape index (κ1) is 25.5. The summed E-state index contributed by atoms with van der Waals surface area (Å²) in [6.45, 7) is -0.974. The van der Waals surface area contributed by atoms with E-state index < -0.39 is 24.2 Å². The number of hydrogen-bond donors (Lipinski definition) is 4. The molecule has 5 N–H and O–H groups in total. The maximum absolute atomic E-state index is 12.8. The topological polar surface area (TPSA) is 105 Å². The summed E-state index contributed by atoms with van der Waals surface area (Å²) >= 11 is 6.48. The van der Waals surface area contributed by atoms with Gasteiger partial charge in [0.05, 0.1) is 12.6 Å². The molecule has 4 rings (SSSR count). The Balaban J connectivity index is 1.51. The Bertz CT molecular complexity index is 1020. The highest BCUT2D eigenvalue weighted by molar-refractivity contribution is 6.21. The molecule has 2 aromatic rings. The Labute approximate surface area is 207 Å². The second kappa shape index (κ2) is 10.6. The molecule has 4 unspecified atom stereocenters. The molecule has 1 amide bonds. The third kappa shape index (κ3) is 6.35. The number of carbonyl (C=O) groups excluding carboxylic acids is 1. The Kier molecular flexibility index (Phi) is 7.70. The minimum absolute atomic E-state index is 0.181. The van der Waals surface area contributed by atoms with Crippen LogP contribution in [0.15, 0.2) is 36.8 Å². The molecule has 1 saturated carbocycles. The van der Waals surface area contributed by atoms with Gasteiger partial charge in [-0.05, 0) is 74.3 Å². The molecule has 1 fully saturated rings. The van der Waals surface area contributed by atoms with E-state index in [2.05, 4.69) is 25.9 Å². The van der Waals surface area contributed by atoms with Crippen LogP contribution < -0.4 is 21.7 Å². The van der Waals surface area contributed by atoms with Crippen LogP contribution in [0.2, 0.25) is 0 Å². The fraction of sp³-hybridized carbons (Fsp3) is 0.542. The molecule has 1 aromatic carbocycles. The molecule has 2 aliphatic carbocycles. The van der Waals surface area contributed by atoms with Gasteiger partial charge in [0.15, 0.2) is 0 Å². The van der Waals surface area contributed by atoms with E-state index >= 15 is 0 Å². The van der Waals surface area contributed by atoms with E-state index in [0.29, 0.717) is 44.3 Å². The molecule has 0 saturated heterocycles. The fourth-order valence-electron chi connectivity index (χ4n) is 5.11. The van der Waals surface area contributed by atoms with Gasteiger partial charge in [-0.15, -0.1) is 11.6 Å². The second-order valence-electron chi connectivity index (χ2n) is 9.38. The van der Waals surface area contributed by atoms with Crippen LogP contribution in [0.1, 0.15) is 43.2 Å². The predicted octanol–water partition coefficient (Wildman–Crippen LogP) is 3.78. The summed E-state index contributed by atoms with van der Waals surface area (Å²) in [5.41, 5.74) is 7.85. The third-order valence-corrected chi connectivity index (χ3v) is 7.31. The van der Waals surface area contributed by atoms with Gasteiger partial charge in [-0.1, -0.05) is 6.07 Å². The molecule has 11 heteroatoms. The van der Waals surface area contributed by atoms with Crippen LogP contribution in [0.3, 0.4) is 0 Å². The largest absolute Gasteiger partial charge is 0.401 e. The summed E-state index contributed by atoms with van der Waals surface area (Å²) in [7, 11) is 0. The van der Waals surface area contributed by atoms with Crippen LogP contribution >= 0.6 is 11.6 Å². The molecule has 0 aliphatic heterocycles. The van der Waals surface area contributed by atoms with Crippen LogP contribution in [-0.4, -0.2) is 51.6 Å². The molecule has 1 aromatic heterocycles. The Morgan fingerprint density at radius 2 is 1.91 bits per heavy atom. The molecule has 0 bridgehead atoms. The number of fused-ring (bicyclic) bond motifs is 1. The molecule has 190 valence electrons. The maximum Gasteiger partial charge on any atom is 0.401 e. The first-order valence-electron chi connectivity index (χ1n) is 11.8. The lowest BCUT2D eigenvalue weighted by molar-refractivity contribution is -0.126. The molecule has 35 heavy (non-hydrogen) atoms. The summed E-state index contributed by atoms with van der Waals surface area (Å²) in [5, 5.41) is 9.14. The number of nitrogens with one attached hydrogen (secondary N) is 3. The van der Waals surface area contributed by atoms with E-state index in [1.807, 2.05) is 18.2 Å². The van der Waals surface area contributed by atoms with Crippen molar-refractivity contribution in [2.75, 3.05) is 17.2 Å². The normalized spacial score (nSPS) is 26.9. The Hall–Kier alpha value is -2.59. The third-order valence-electron chi connectivity index (χ3n) is 6.94. The van der Waals surface area contributed by atoms with E-state index in [4.69, 9.17) is 17.3 Å². The number of hydrogen-bond acceptors (Lipinski definition) is 6. The minimum atomic E-state index is -4.22. The lowest BCUT2D eigenvalue weighted by Gasteiger charge is -2.44. The zero-order valence-corrected chi connectivity index (χ0v) is 20.0. The quantitative estimate of drug-likeness (QED) is 0.334. The summed E-state index contributed by atoms with van der Waals surface area (Å²) in [5.74, 6) is -0.0389. The molecular formula is C24H30ClF3N6O. The highest BCUT2D eigenvalue weighted by Crippen LogP contribution is 2.37. The van der Waals surface area contributed by atoms with E-state index in [0.717, 1.165) is 23.2 Å². The number of nitrogens with two attached hydrogens (primary N) is 1. The van der Waals surface area contributed by atoms with Crippen molar-refractivity contribution in [1.29, 1.82) is 0 Å². The summed E-state index contributed by atoms with van der Waals surface area (Å²) in [4.78, 5) is 20.9. The average Bonchev–Trinajstić information content (AvgIpc) is 3.01. The maximum atomic E-state index is 12.8. The van der Waals surface area contributed by atoms with Gasteiger partial charge in [0.25, 0.3) is 0 Å². The first-order chi connectivity index (χ1) is 16.6. The van der Waals surface area contributed by atoms with Crippen LogP contribution in [0.4, 0.5) is 24.7 Å². The number of benzene rings is 1. The first-order valence-corrected chi connectivity index (χ1v) is 12.2. The number of nitrogens with zero attached hydrogens (tertiary/aromatic N) is 2. The standard InChI is InChI=1S/C24H30ClF3N6O/c25-17-4-8-20(23(12-17,22(29)35)34-21-9-10-30-14-32-21)33-19-7-2-15-1-5-18(6-3-16(15)11-19)31-13-24(26,27)28/h2,7,9-11,14,17-18,20,31,33H,1,3-6,8,12-13H2,(H2,29,35)(H,30,32,34). The number of rotatable bonds is 7. The van der Waals surface area contributed by atoms with E-state index in [1.54, 1.807) is 12.3 Å². The van der Waals surface area contributed by atoms with Gasteiger partial charge in [0, 0.05) is 23.3 Å². The van der Waals surface area contributed by atoms with Crippen molar-refractivity contribution in [1.82, 2.24) is 15.3 Å². The fourth-order valence-corrected chi connectivity index (χ4v) is 5.48. The van der Waals surface area contributed by atoms with Crippen molar-refractivity contribution < 1.29 is 18.0 Å². The summed E-state index contributed by atoms with van der Waals surface area (Å²) in [6, 6.07) is 7.15. The van der Waals surface area contributed by atoms with Gasteiger partial charge >= 0.3 is 6.18 Å². The monoisotopic (exact) mass is 510 g/mol. The zero-order chi connectivity index (χ0) is 25.1. The zero-order valence-electron chi connectivity index (χ0n) is 19.2. The van der Waals surface area contributed by atoms with Crippen LogP contribution in [-0.2, 0) is 17.6 Å². The Morgan fingerprint density at radius 1 is 1.14 bits per heavy atom. The van der Waals surface area contributed by atoms with Crippen LogP contribution in [0, 0.1) is 0 Å². The van der Waals surface area contributed by atoms with Gasteiger partial charge in [-0.3, -0.25) is 4.79 Å². The lowest BCUT2D eigenvalue weighted by atomic mass is 9.76. The van der Waals surface area contributed by atoms with Gasteiger partial charge in [0.1, 0.15) is 17.7 Å². The Morgan fingerprint density at radius 3 is 2.60 bits per heavy atom. The highest BCUT2D eigenvalue weighted by Gasteiger charge is 2.49. The molecular weight excluding hydrogens is 481 g/mol. The van der Waals surface area contributed by atoms with Crippen molar-refractivity contribution in [2.45, 2.75) is 74.1 Å².